The molecule has 0 N–H and O–H groups in total. The summed E-state index contributed by atoms with van der Waals surface area (Å²) in [6.07, 6.45) is 0. The Balaban J connectivity index is 3.35. The van der Waals surface area contributed by atoms with Crippen LogP contribution >= 0.6 is 0 Å². The number of hydrogen-bond donors (Lipinski definition) is 0. The Kier molecular flexibility index (Phi) is 4.11. The van der Waals surface area contributed by atoms with Crippen LogP contribution in [0.3, 0.4) is 0 Å². The fourth-order valence-electron chi connectivity index (χ4n) is 1.69. The molecule has 90 valence electrons. The maximum absolute atomic E-state index is 11.4. The Bertz CT molecular complexity index is 474. The standard InChI is InChI=1S/C13H15NO3/c1-8-5-12(16-3)13(17-4)6-10(8)11(7-14)9(2)15/h5-6,11H,1-4H3. The molecule has 1 aromatic carbocycles. The van der Waals surface area contributed by atoms with E-state index in [1.807, 2.05) is 13.0 Å². The predicted molar refractivity (Wildman–Crippen MR) is 63.3 cm³/mol. The lowest BCUT2D eigenvalue weighted by Gasteiger charge is -2.14. The van der Waals surface area contributed by atoms with Crippen LogP contribution in [0.1, 0.15) is 24.0 Å². The highest BCUT2D eigenvalue weighted by atomic mass is 16.5. The van der Waals surface area contributed by atoms with E-state index in [1.165, 1.54) is 14.0 Å². The van der Waals surface area contributed by atoms with Crippen molar-refractivity contribution in [3.63, 3.8) is 0 Å². The smallest absolute Gasteiger partial charge is 0.161 e. The molecule has 0 spiro atoms. The van der Waals surface area contributed by atoms with Gasteiger partial charge in [-0.25, -0.2) is 0 Å². The molecule has 0 amide bonds. The van der Waals surface area contributed by atoms with Crippen molar-refractivity contribution in [3.8, 4) is 17.6 Å². The van der Waals surface area contributed by atoms with Crippen molar-refractivity contribution in [3.05, 3.63) is 23.3 Å². The normalized spacial score (nSPS) is 11.5. The molecule has 1 atom stereocenters. The lowest BCUT2D eigenvalue weighted by atomic mass is 9.92. The van der Waals surface area contributed by atoms with E-state index in [9.17, 15) is 4.79 Å². The first kappa shape index (κ1) is 13.0. The molecule has 0 aliphatic carbocycles. The van der Waals surface area contributed by atoms with E-state index in [1.54, 1.807) is 19.2 Å². The number of nitriles is 1. The summed E-state index contributed by atoms with van der Waals surface area (Å²) in [7, 11) is 3.07. The van der Waals surface area contributed by atoms with Crippen LogP contribution < -0.4 is 9.47 Å². The summed E-state index contributed by atoms with van der Waals surface area (Å²) >= 11 is 0. The number of hydrogen-bond acceptors (Lipinski definition) is 4. The Morgan fingerprint density at radius 2 is 1.82 bits per heavy atom. The second-order valence-corrected chi connectivity index (χ2v) is 3.74. The molecule has 0 saturated heterocycles. The summed E-state index contributed by atoms with van der Waals surface area (Å²) in [6, 6.07) is 5.45. The number of rotatable bonds is 4. The number of methoxy groups -OCH3 is 2. The van der Waals surface area contributed by atoms with Crippen LogP contribution in [0.5, 0.6) is 11.5 Å². The number of aryl methyl sites for hydroxylation is 1. The molecule has 0 aliphatic heterocycles. The van der Waals surface area contributed by atoms with Crippen molar-refractivity contribution in [1.82, 2.24) is 0 Å². The second-order valence-electron chi connectivity index (χ2n) is 3.74. The minimum absolute atomic E-state index is 0.178. The molecule has 17 heavy (non-hydrogen) atoms. The minimum atomic E-state index is -0.755. The van der Waals surface area contributed by atoms with Gasteiger partial charge < -0.3 is 9.47 Å². The Hall–Kier alpha value is -2.02. The van der Waals surface area contributed by atoms with Crippen molar-refractivity contribution >= 4 is 5.78 Å². The van der Waals surface area contributed by atoms with Gasteiger partial charge >= 0.3 is 0 Å². The molecule has 0 fully saturated rings. The van der Waals surface area contributed by atoms with Crippen LogP contribution in [0.25, 0.3) is 0 Å². The van der Waals surface area contributed by atoms with Crippen molar-refractivity contribution in [2.75, 3.05) is 14.2 Å². The summed E-state index contributed by atoms with van der Waals surface area (Å²) in [4.78, 5) is 11.4. The summed E-state index contributed by atoms with van der Waals surface area (Å²) in [5.74, 6) is 0.182. The van der Waals surface area contributed by atoms with Gasteiger partial charge in [-0.1, -0.05) is 0 Å². The van der Waals surface area contributed by atoms with Gasteiger partial charge in [-0.15, -0.1) is 0 Å². The summed E-state index contributed by atoms with van der Waals surface area (Å²) < 4.78 is 10.3. The highest BCUT2D eigenvalue weighted by molar-refractivity contribution is 5.86. The van der Waals surface area contributed by atoms with Crippen molar-refractivity contribution < 1.29 is 14.3 Å². The largest absolute Gasteiger partial charge is 0.493 e. The van der Waals surface area contributed by atoms with Gasteiger partial charge in [0.25, 0.3) is 0 Å². The molecule has 1 unspecified atom stereocenters. The van der Waals surface area contributed by atoms with E-state index in [2.05, 4.69) is 0 Å². The van der Waals surface area contributed by atoms with Gasteiger partial charge in [0.2, 0.25) is 0 Å². The minimum Gasteiger partial charge on any atom is -0.493 e. The van der Waals surface area contributed by atoms with E-state index in [-0.39, 0.29) is 5.78 Å². The third kappa shape index (κ3) is 2.56. The zero-order chi connectivity index (χ0) is 13.0. The van der Waals surface area contributed by atoms with Gasteiger partial charge in [-0.05, 0) is 37.1 Å². The number of carbonyl (C=O) groups excluding carboxylic acids is 1. The van der Waals surface area contributed by atoms with Gasteiger partial charge in [0.15, 0.2) is 17.3 Å². The van der Waals surface area contributed by atoms with E-state index >= 15 is 0 Å². The number of Topliss-reactive ketones (excluding diaryl/α,β-unsaturated/α-hetero) is 1. The molecule has 0 saturated carbocycles. The Morgan fingerprint density at radius 3 is 2.24 bits per heavy atom. The van der Waals surface area contributed by atoms with E-state index < -0.39 is 5.92 Å². The van der Waals surface area contributed by atoms with Crippen molar-refractivity contribution in [2.45, 2.75) is 19.8 Å². The highest BCUT2D eigenvalue weighted by Gasteiger charge is 2.20. The van der Waals surface area contributed by atoms with Crippen LogP contribution in [0.15, 0.2) is 12.1 Å². The monoisotopic (exact) mass is 233 g/mol. The van der Waals surface area contributed by atoms with Crippen LogP contribution in [0.4, 0.5) is 0 Å². The predicted octanol–water partition coefficient (Wildman–Crippen LogP) is 2.21. The van der Waals surface area contributed by atoms with Crippen molar-refractivity contribution in [2.24, 2.45) is 0 Å². The zero-order valence-corrected chi connectivity index (χ0v) is 10.4. The lowest BCUT2D eigenvalue weighted by molar-refractivity contribution is -0.117. The topological polar surface area (TPSA) is 59.3 Å². The number of carbonyl (C=O) groups is 1. The maximum Gasteiger partial charge on any atom is 0.161 e. The molecular formula is C13H15NO3. The SMILES string of the molecule is COc1cc(C)c(C(C#N)C(C)=O)cc1OC. The number of nitrogens with zero attached hydrogens (tertiary/aromatic N) is 1. The zero-order valence-electron chi connectivity index (χ0n) is 10.4. The number of benzene rings is 1. The third-order valence-electron chi connectivity index (χ3n) is 2.62. The second kappa shape index (κ2) is 5.35. The molecule has 0 radical (unpaired) electrons. The summed E-state index contributed by atoms with van der Waals surface area (Å²) in [5.41, 5.74) is 1.50. The van der Waals surface area contributed by atoms with Gasteiger partial charge in [0, 0.05) is 0 Å². The Labute approximate surface area is 101 Å². The van der Waals surface area contributed by atoms with Gasteiger partial charge in [-0.3, -0.25) is 4.79 Å². The molecule has 0 aliphatic rings. The quantitative estimate of drug-likeness (QED) is 0.800. The molecule has 0 bridgehead atoms. The van der Waals surface area contributed by atoms with Crippen LogP contribution in [0.2, 0.25) is 0 Å². The van der Waals surface area contributed by atoms with E-state index in [0.717, 1.165) is 5.56 Å². The fourth-order valence-corrected chi connectivity index (χ4v) is 1.69. The highest BCUT2D eigenvalue weighted by Crippen LogP contribution is 2.33. The molecule has 4 nitrogen and oxygen atoms in total. The maximum atomic E-state index is 11.4. The third-order valence-corrected chi connectivity index (χ3v) is 2.62. The summed E-state index contributed by atoms with van der Waals surface area (Å²) in [6.45, 7) is 3.24. The average Bonchev–Trinajstić information content (AvgIpc) is 2.31. The van der Waals surface area contributed by atoms with Crippen LogP contribution in [0, 0.1) is 18.3 Å². The van der Waals surface area contributed by atoms with E-state index in [4.69, 9.17) is 14.7 Å². The van der Waals surface area contributed by atoms with E-state index in [0.29, 0.717) is 17.1 Å². The summed E-state index contributed by atoms with van der Waals surface area (Å²) in [5, 5.41) is 9.02. The number of ketones is 1. The van der Waals surface area contributed by atoms with Gasteiger partial charge in [0.1, 0.15) is 5.92 Å². The molecule has 0 aromatic heterocycles. The molecule has 1 aromatic rings. The first-order valence-electron chi connectivity index (χ1n) is 5.17. The van der Waals surface area contributed by atoms with Gasteiger partial charge in [0.05, 0.1) is 20.3 Å². The first-order valence-corrected chi connectivity index (χ1v) is 5.17. The average molecular weight is 233 g/mol. The molecule has 0 heterocycles. The van der Waals surface area contributed by atoms with Crippen molar-refractivity contribution in [1.29, 1.82) is 5.26 Å². The molecular weight excluding hydrogens is 218 g/mol. The van der Waals surface area contributed by atoms with Crippen LogP contribution in [-0.2, 0) is 4.79 Å². The molecule has 1 rings (SSSR count). The fraction of sp³-hybridized carbons (Fsp3) is 0.385. The number of ether oxygens (including phenoxy) is 2. The lowest BCUT2D eigenvalue weighted by Crippen LogP contribution is -2.08. The van der Waals surface area contributed by atoms with Gasteiger partial charge in [-0.2, -0.15) is 5.26 Å². The Morgan fingerprint density at radius 1 is 1.29 bits per heavy atom. The van der Waals surface area contributed by atoms with Crippen LogP contribution in [-0.4, -0.2) is 20.0 Å². The first-order chi connectivity index (χ1) is 8.04. The molecule has 4 heteroatoms.